The Morgan fingerprint density at radius 3 is 2.30 bits per heavy atom. The third-order valence-electron chi connectivity index (χ3n) is 12.6. The van der Waals surface area contributed by atoms with E-state index in [9.17, 15) is 48.9 Å². The van der Waals surface area contributed by atoms with Crippen molar-refractivity contribution >= 4 is 65.4 Å². The summed E-state index contributed by atoms with van der Waals surface area (Å²) < 4.78 is 16.8. The van der Waals surface area contributed by atoms with Gasteiger partial charge in [-0.1, -0.05) is 19.1 Å². The number of likely N-dealkylation sites (tertiary alicyclic amines) is 2. The zero-order valence-corrected chi connectivity index (χ0v) is 35.5. The van der Waals surface area contributed by atoms with Gasteiger partial charge in [-0.3, -0.25) is 43.4 Å². The standard InChI is InChI=1S/C43H50N2O13S2/c1-4-42(2,59)24-17-29(47)44(40(24)53)14-7-5-8-15-45-30(48)18-27(41(45)54)60-21-28(46)43(55)19-23-33(26(20-43)58-31-13-6-9-16-57-31)39(52)35-34(37(23)50)36(49)22-11-10-12-25(56-3)32(22)38(35)51/h10-12,24,26-27,31,50,52,55,59H,4-9,13-21H2,1-3H3/t24?,26-,27?,31-,42?,43-/m0/s1. The fraction of sp³-hybridized carbons (Fsp3) is 0.558. The van der Waals surface area contributed by atoms with Crippen LogP contribution in [0.25, 0.3) is 0 Å². The summed E-state index contributed by atoms with van der Waals surface area (Å²) >= 11 is 5.51. The number of unbranched alkanes of at least 4 members (excludes halogenated alkanes) is 2. The number of thiol groups is 1. The molecular formula is C43H50N2O13S2. The first-order chi connectivity index (χ1) is 28.5. The number of Topliss-reactive ketones (excluding diaryl/α,β-unsaturated/α-hetero) is 1. The molecule has 3 unspecified atom stereocenters. The largest absolute Gasteiger partial charge is 0.507 e. The van der Waals surface area contributed by atoms with E-state index in [4.69, 9.17) is 14.2 Å². The molecule has 2 aliphatic carbocycles. The third kappa shape index (κ3) is 7.87. The number of rotatable bonds is 15. The van der Waals surface area contributed by atoms with Crippen molar-refractivity contribution in [3.8, 4) is 17.2 Å². The molecule has 2 aromatic rings. The highest BCUT2D eigenvalue weighted by Crippen LogP contribution is 2.53. The molecule has 0 aromatic heterocycles. The molecule has 15 nitrogen and oxygen atoms in total. The quantitative estimate of drug-likeness (QED) is 0.0729. The number of imide groups is 2. The number of thioether (sulfide) groups is 1. The highest BCUT2D eigenvalue weighted by Gasteiger charge is 2.51. The highest BCUT2D eigenvalue weighted by molar-refractivity contribution is 8.01. The van der Waals surface area contributed by atoms with Gasteiger partial charge in [0, 0.05) is 66.8 Å². The van der Waals surface area contributed by atoms with Crippen molar-refractivity contribution in [1.29, 1.82) is 0 Å². The van der Waals surface area contributed by atoms with Crippen LogP contribution >= 0.6 is 24.4 Å². The molecule has 17 heteroatoms. The monoisotopic (exact) mass is 866 g/mol. The molecule has 0 bridgehead atoms. The number of methoxy groups -OCH3 is 1. The van der Waals surface area contributed by atoms with E-state index in [-0.39, 0.29) is 71.5 Å². The number of carbonyl (C=O) groups excluding carboxylic acids is 7. The first-order valence-electron chi connectivity index (χ1n) is 20.4. The molecule has 5 aliphatic rings. The number of ketones is 3. The second kappa shape index (κ2) is 17.2. The second-order valence-corrected chi connectivity index (χ2v) is 18.6. The topological polar surface area (TPSA) is 214 Å². The maximum Gasteiger partial charge on any atom is 0.242 e. The van der Waals surface area contributed by atoms with Crippen molar-refractivity contribution in [2.24, 2.45) is 5.92 Å². The number of carbonyl (C=O) groups is 7. The van der Waals surface area contributed by atoms with E-state index in [0.29, 0.717) is 38.7 Å². The molecule has 6 atom stereocenters. The number of phenols is 2. The van der Waals surface area contributed by atoms with Crippen molar-refractivity contribution in [2.75, 3.05) is 32.6 Å². The van der Waals surface area contributed by atoms with Crippen molar-refractivity contribution < 1.29 is 63.1 Å². The smallest absolute Gasteiger partial charge is 0.242 e. The van der Waals surface area contributed by atoms with Crippen LogP contribution in [0.5, 0.6) is 17.2 Å². The van der Waals surface area contributed by atoms with Crippen LogP contribution < -0.4 is 4.74 Å². The molecule has 4 amide bonds. The maximum absolute atomic E-state index is 14.0. The molecule has 3 aliphatic heterocycles. The van der Waals surface area contributed by atoms with E-state index in [1.165, 1.54) is 30.2 Å². The number of hydrogen-bond donors (Lipinski definition) is 4. The van der Waals surface area contributed by atoms with E-state index in [1.54, 1.807) is 0 Å². The van der Waals surface area contributed by atoms with Crippen molar-refractivity contribution in [3.05, 3.63) is 51.6 Å². The van der Waals surface area contributed by atoms with E-state index >= 15 is 0 Å². The molecule has 0 radical (unpaired) electrons. The van der Waals surface area contributed by atoms with Gasteiger partial charge in [0.25, 0.3) is 0 Å². The zero-order chi connectivity index (χ0) is 43.3. The molecule has 2 aromatic carbocycles. The van der Waals surface area contributed by atoms with Crippen LogP contribution in [0.3, 0.4) is 0 Å². The number of hydrogen-bond acceptors (Lipinski definition) is 15. The van der Waals surface area contributed by atoms with Gasteiger partial charge in [-0.15, -0.1) is 11.8 Å². The first kappa shape index (κ1) is 43.8. The molecule has 0 spiro atoms. The molecule has 0 saturated carbocycles. The number of amides is 4. The molecule has 3 heterocycles. The van der Waals surface area contributed by atoms with Crippen LogP contribution in [0.1, 0.15) is 127 Å². The van der Waals surface area contributed by atoms with Gasteiger partial charge >= 0.3 is 0 Å². The summed E-state index contributed by atoms with van der Waals surface area (Å²) in [5.41, 5.74) is -3.43. The van der Waals surface area contributed by atoms with Crippen LogP contribution in [0.2, 0.25) is 0 Å². The van der Waals surface area contributed by atoms with Crippen LogP contribution in [0.4, 0.5) is 0 Å². The highest BCUT2D eigenvalue weighted by atomic mass is 32.2. The molecule has 3 fully saturated rings. The Kier molecular flexibility index (Phi) is 12.6. The van der Waals surface area contributed by atoms with Gasteiger partial charge in [0.1, 0.15) is 22.8 Å². The minimum atomic E-state index is -2.22. The van der Waals surface area contributed by atoms with Crippen LogP contribution in [-0.4, -0.2) is 121 Å². The maximum atomic E-state index is 14.0. The van der Waals surface area contributed by atoms with E-state index in [0.717, 1.165) is 29.5 Å². The van der Waals surface area contributed by atoms with Crippen LogP contribution in [0, 0.1) is 5.92 Å². The van der Waals surface area contributed by atoms with Crippen LogP contribution in [0.15, 0.2) is 18.2 Å². The lowest BCUT2D eigenvalue weighted by molar-refractivity contribution is -0.203. The first-order valence-corrected chi connectivity index (χ1v) is 21.9. The average Bonchev–Trinajstić information content (AvgIpc) is 3.68. The molecule has 322 valence electrons. The number of aromatic hydroxyl groups is 2. The summed E-state index contributed by atoms with van der Waals surface area (Å²) in [7, 11) is 1.34. The lowest BCUT2D eigenvalue weighted by Crippen LogP contribution is -2.47. The average molecular weight is 867 g/mol. The van der Waals surface area contributed by atoms with Gasteiger partial charge in [-0.25, -0.2) is 0 Å². The summed E-state index contributed by atoms with van der Waals surface area (Å²) in [6.07, 6.45) is 1.14. The van der Waals surface area contributed by atoms with Crippen molar-refractivity contribution in [3.63, 3.8) is 0 Å². The van der Waals surface area contributed by atoms with E-state index < -0.39 is 98.5 Å². The Morgan fingerprint density at radius 1 is 0.950 bits per heavy atom. The fourth-order valence-corrected chi connectivity index (χ4v) is 10.3. The minimum Gasteiger partial charge on any atom is -0.507 e. The number of nitrogens with zero attached hydrogens (tertiary/aromatic N) is 2. The Hall–Kier alpha value is -4.29. The summed E-state index contributed by atoms with van der Waals surface area (Å²) in [4.78, 5) is 96.1. The van der Waals surface area contributed by atoms with Crippen molar-refractivity contribution in [1.82, 2.24) is 9.80 Å². The predicted molar refractivity (Wildman–Crippen MR) is 219 cm³/mol. The lowest BCUT2D eigenvalue weighted by atomic mass is 9.72. The van der Waals surface area contributed by atoms with Gasteiger partial charge in [-0.2, -0.15) is 12.6 Å². The summed E-state index contributed by atoms with van der Waals surface area (Å²) in [5.74, 6) is -5.62. The number of phenolic OH excluding ortho intramolecular Hbond substituents is 2. The number of benzene rings is 2. The Balaban J connectivity index is 1.03. The van der Waals surface area contributed by atoms with Gasteiger partial charge in [0.05, 0.1) is 46.8 Å². The Labute approximate surface area is 356 Å². The number of ether oxygens (including phenoxy) is 3. The van der Waals surface area contributed by atoms with Crippen LogP contribution in [-0.2, 0) is 39.9 Å². The number of aliphatic hydroxyl groups is 1. The Bertz CT molecular complexity index is 2150. The molecule has 3 N–H and O–H groups in total. The second-order valence-electron chi connectivity index (χ2n) is 16.4. The van der Waals surface area contributed by atoms with Crippen molar-refractivity contribution in [2.45, 2.75) is 112 Å². The molecule has 7 rings (SSSR count). The summed E-state index contributed by atoms with van der Waals surface area (Å²) in [6, 6.07) is 4.42. The SMILES string of the molecule is CCC(C)(S)C1CC(=O)N(CCCCCN2C(=O)CC(SCC(=O)[C@]3(O)Cc4c(O)c5c(c(O)c4[C@@H](O[C@H]4CCCCO4)C3)C(=O)c3c(OC)cccc3C5=O)C2=O)C1=O. The normalized spacial score (nSPS) is 26.3. The zero-order valence-electron chi connectivity index (χ0n) is 33.8. The third-order valence-corrected chi connectivity index (χ3v) is 14.5. The fourth-order valence-electron chi connectivity index (χ4n) is 8.94. The van der Waals surface area contributed by atoms with Gasteiger partial charge < -0.3 is 29.5 Å². The van der Waals surface area contributed by atoms with Gasteiger partial charge in [0.2, 0.25) is 29.4 Å². The predicted octanol–water partition coefficient (Wildman–Crippen LogP) is 4.22. The van der Waals surface area contributed by atoms with Gasteiger partial charge in [0.15, 0.2) is 17.9 Å². The minimum absolute atomic E-state index is 0.0442. The van der Waals surface area contributed by atoms with E-state index in [1.807, 2.05) is 13.8 Å². The summed E-state index contributed by atoms with van der Waals surface area (Å²) in [6.45, 7) is 4.54. The van der Waals surface area contributed by atoms with Gasteiger partial charge in [-0.05, 0) is 57.9 Å². The lowest BCUT2D eigenvalue weighted by Gasteiger charge is -2.40. The summed E-state index contributed by atoms with van der Waals surface area (Å²) in [5, 5.41) is 34.8. The number of fused-ring (bicyclic) bond motifs is 3. The Morgan fingerprint density at radius 2 is 1.63 bits per heavy atom. The molecule has 60 heavy (non-hydrogen) atoms. The van der Waals surface area contributed by atoms with E-state index in [2.05, 4.69) is 12.6 Å². The molecule has 3 saturated heterocycles. The molecular weight excluding hydrogens is 817 g/mol.